The lowest BCUT2D eigenvalue weighted by Gasteiger charge is -2.38. The molecule has 0 aromatic heterocycles. The van der Waals surface area contributed by atoms with E-state index < -0.39 is 6.04 Å². The number of amides is 2. The maximum absolute atomic E-state index is 13.0. The van der Waals surface area contributed by atoms with Crippen LogP contribution in [-0.4, -0.2) is 61.2 Å². The van der Waals surface area contributed by atoms with Gasteiger partial charge in [0, 0.05) is 26.2 Å². The second-order valence-electron chi connectivity index (χ2n) is 7.00. The van der Waals surface area contributed by atoms with Crippen molar-refractivity contribution in [3.05, 3.63) is 48.5 Å². The van der Waals surface area contributed by atoms with Crippen LogP contribution in [0.25, 0.3) is 0 Å². The van der Waals surface area contributed by atoms with Gasteiger partial charge < -0.3 is 14.7 Å². The smallest absolute Gasteiger partial charge is 0.251 e. The number of ether oxygens (including phenoxy) is 1. The van der Waals surface area contributed by atoms with E-state index in [-0.39, 0.29) is 24.0 Å². The summed E-state index contributed by atoms with van der Waals surface area (Å²) in [5.41, 5.74) is 1.38. The molecule has 2 heterocycles. The molecule has 0 spiro atoms. The average Bonchev–Trinajstić information content (AvgIpc) is 3.03. The summed E-state index contributed by atoms with van der Waals surface area (Å²) < 4.78 is 5.14. The first-order valence-corrected chi connectivity index (χ1v) is 9.36. The molecule has 2 saturated heterocycles. The summed E-state index contributed by atoms with van der Waals surface area (Å²) in [7, 11) is 1.58. The maximum Gasteiger partial charge on any atom is 0.251 e. The van der Waals surface area contributed by atoms with E-state index in [0.717, 1.165) is 5.69 Å². The molecule has 7 nitrogen and oxygen atoms in total. The van der Waals surface area contributed by atoms with Crippen molar-refractivity contribution < 1.29 is 19.4 Å². The zero-order valence-corrected chi connectivity index (χ0v) is 15.7. The van der Waals surface area contributed by atoms with E-state index in [2.05, 4.69) is 9.80 Å². The van der Waals surface area contributed by atoms with Crippen molar-refractivity contribution in [2.75, 3.05) is 43.1 Å². The number of anilines is 2. The number of methoxy groups -OCH3 is 1. The van der Waals surface area contributed by atoms with Crippen LogP contribution in [0.15, 0.2) is 48.5 Å². The SMILES string of the molecule is COc1ccc(N2C(=O)C[C@H](N3CCN(c4ccccc4O)CC3)C2=O)cc1. The maximum atomic E-state index is 13.0. The summed E-state index contributed by atoms with van der Waals surface area (Å²) in [6.07, 6.45) is 0.196. The molecule has 2 amide bonds. The van der Waals surface area contributed by atoms with Gasteiger partial charge in [-0.05, 0) is 36.4 Å². The predicted octanol–water partition coefficient (Wildman–Crippen LogP) is 1.85. The highest BCUT2D eigenvalue weighted by Crippen LogP contribution is 2.30. The normalized spacial score (nSPS) is 20.7. The van der Waals surface area contributed by atoms with Gasteiger partial charge in [-0.1, -0.05) is 12.1 Å². The Hall–Kier alpha value is -3.06. The number of carbonyl (C=O) groups is 2. The number of hydrogen-bond acceptors (Lipinski definition) is 6. The van der Waals surface area contributed by atoms with Crippen molar-refractivity contribution in [1.29, 1.82) is 0 Å². The van der Waals surface area contributed by atoms with Gasteiger partial charge in [0.25, 0.3) is 5.91 Å². The van der Waals surface area contributed by atoms with Crippen LogP contribution < -0.4 is 14.5 Å². The van der Waals surface area contributed by atoms with Crippen LogP contribution in [-0.2, 0) is 9.59 Å². The summed E-state index contributed by atoms with van der Waals surface area (Å²) >= 11 is 0. The lowest BCUT2D eigenvalue weighted by atomic mass is 10.1. The highest BCUT2D eigenvalue weighted by Gasteiger charge is 2.43. The molecular formula is C21H23N3O4. The first kappa shape index (κ1) is 18.3. The van der Waals surface area contributed by atoms with Crippen LogP contribution in [0.5, 0.6) is 11.5 Å². The zero-order chi connectivity index (χ0) is 19.7. The Morgan fingerprint density at radius 3 is 2.29 bits per heavy atom. The fourth-order valence-corrected chi connectivity index (χ4v) is 3.91. The molecule has 2 aromatic carbocycles. The van der Waals surface area contributed by atoms with Gasteiger partial charge in [-0.15, -0.1) is 0 Å². The number of phenolic OH excluding ortho intramolecular Hbond substituents is 1. The van der Waals surface area contributed by atoms with Crippen molar-refractivity contribution >= 4 is 23.2 Å². The minimum atomic E-state index is -0.430. The summed E-state index contributed by atoms with van der Waals surface area (Å²) in [6, 6.07) is 13.8. The van der Waals surface area contributed by atoms with Gasteiger partial charge in [-0.3, -0.25) is 14.5 Å². The minimum absolute atomic E-state index is 0.175. The molecule has 2 fully saturated rings. The number of benzene rings is 2. The van der Waals surface area contributed by atoms with Gasteiger partial charge in [0.2, 0.25) is 5.91 Å². The van der Waals surface area contributed by atoms with Crippen LogP contribution in [0.4, 0.5) is 11.4 Å². The summed E-state index contributed by atoms with van der Waals surface area (Å²) in [5, 5.41) is 10.0. The molecule has 7 heteroatoms. The Morgan fingerprint density at radius 2 is 1.64 bits per heavy atom. The predicted molar refractivity (Wildman–Crippen MR) is 106 cm³/mol. The fraction of sp³-hybridized carbons (Fsp3) is 0.333. The molecule has 0 bridgehead atoms. The molecule has 2 aromatic rings. The van der Waals surface area contributed by atoms with E-state index in [0.29, 0.717) is 37.6 Å². The number of imide groups is 1. The van der Waals surface area contributed by atoms with E-state index in [1.165, 1.54) is 4.90 Å². The number of aromatic hydroxyl groups is 1. The van der Waals surface area contributed by atoms with Gasteiger partial charge in [0.1, 0.15) is 11.5 Å². The third-order valence-electron chi connectivity index (χ3n) is 5.43. The number of rotatable bonds is 4. The first-order chi connectivity index (χ1) is 13.6. The average molecular weight is 381 g/mol. The van der Waals surface area contributed by atoms with Crippen molar-refractivity contribution in [2.45, 2.75) is 12.5 Å². The monoisotopic (exact) mass is 381 g/mol. The summed E-state index contributed by atoms with van der Waals surface area (Å²) in [6.45, 7) is 2.71. The van der Waals surface area contributed by atoms with Crippen LogP contribution in [0.3, 0.4) is 0 Å². The molecule has 2 aliphatic rings. The Kier molecular flexibility index (Phi) is 4.92. The number of carbonyl (C=O) groups excluding carboxylic acids is 2. The van der Waals surface area contributed by atoms with Gasteiger partial charge in [-0.25, -0.2) is 4.90 Å². The van der Waals surface area contributed by atoms with Crippen molar-refractivity contribution in [3.8, 4) is 11.5 Å². The molecule has 1 atom stereocenters. The first-order valence-electron chi connectivity index (χ1n) is 9.36. The van der Waals surface area contributed by atoms with Crippen LogP contribution in [0, 0.1) is 0 Å². The lowest BCUT2D eigenvalue weighted by Crippen LogP contribution is -2.52. The summed E-state index contributed by atoms with van der Waals surface area (Å²) in [5.74, 6) is 0.586. The Morgan fingerprint density at radius 1 is 0.964 bits per heavy atom. The Balaban J connectivity index is 1.44. The Bertz CT molecular complexity index is 875. The molecule has 0 aliphatic carbocycles. The zero-order valence-electron chi connectivity index (χ0n) is 15.7. The standard InChI is InChI=1S/C21H23N3O4/c1-28-16-8-6-15(7-9-16)24-20(26)14-18(21(24)27)23-12-10-22(11-13-23)17-4-2-3-5-19(17)25/h2-9,18,25H,10-14H2,1H3/t18-/m0/s1. The molecule has 0 unspecified atom stereocenters. The molecule has 2 aliphatic heterocycles. The fourth-order valence-electron chi connectivity index (χ4n) is 3.91. The van der Waals surface area contributed by atoms with E-state index in [4.69, 9.17) is 4.74 Å². The highest BCUT2D eigenvalue weighted by molar-refractivity contribution is 6.22. The van der Waals surface area contributed by atoms with Gasteiger partial charge in [0.05, 0.1) is 30.9 Å². The molecule has 146 valence electrons. The lowest BCUT2D eigenvalue weighted by molar-refractivity contribution is -0.123. The van der Waals surface area contributed by atoms with Gasteiger partial charge in [0.15, 0.2) is 0 Å². The highest BCUT2D eigenvalue weighted by atomic mass is 16.5. The molecule has 4 rings (SSSR count). The van der Waals surface area contributed by atoms with Crippen LogP contribution in [0.1, 0.15) is 6.42 Å². The van der Waals surface area contributed by atoms with E-state index in [9.17, 15) is 14.7 Å². The quantitative estimate of drug-likeness (QED) is 0.815. The van der Waals surface area contributed by atoms with Crippen LogP contribution in [0.2, 0.25) is 0 Å². The third-order valence-corrected chi connectivity index (χ3v) is 5.43. The second-order valence-corrected chi connectivity index (χ2v) is 7.00. The third kappa shape index (κ3) is 3.29. The van der Waals surface area contributed by atoms with Crippen molar-refractivity contribution in [3.63, 3.8) is 0 Å². The number of nitrogens with zero attached hydrogens (tertiary/aromatic N) is 3. The largest absolute Gasteiger partial charge is 0.506 e. The van der Waals surface area contributed by atoms with E-state index in [1.807, 2.05) is 12.1 Å². The molecule has 0 radical (unpaired) electrons. The number of phenols is 1. The number of para-hydroxylation sites is 2. The molecular weight excluding hydrogens is 358 g/mol. The Labute approximate surface area is 163 Å². The van der Waals surface area contributed by atoms with Gasteiger partial charge >= 0.3 is 0 Å². The minimum Gasteiger partial charge on any atom is -0.506 e. The molecule has 0 saturated carbocycles. The molecule has 1 N–H and O–H groups in total. The van der Waals surface area contributed by atoms with Crippen molar-refractivity contribution in [1.82, 2.24) is 4.90 Å². The van der Waals surface area contributed by atoms with E-state index in [1.54, 1.807) is 43.5 Å². The van der Waals surface area contributed by atoms with E-state index >= 15 is 0 Å². The topological polar surface area (TPSA) is 73.3 Å². The van der Waals surface area contributed by atoms with Crippen molar-refractivity contribution in [2.24, 2.45) is 0 Å². The van der Waals surface area contributed by atoms with Gasteiger partial charge in [-0.2, -0.15) is 0 Å². The number of hydrogen-bond donors (Lipinski definition) is 1. The molecule has 28 heavy (non-hydrogen) atoms. The second kappa shape index (κ2) is 7.52. The summed E-state index contributed by atoms with van der Waals surface area (Å²) in [4.78, 5) is 30.9. The number of piperazine rings is 1. The van der Waals surface area contributed by atoms with Crippen LogP contribution >= 0.6 is 0 Å².